The fraction of sp³-hybridized carbons (Fsp3) is 0.375. The van der Waals surface area contributed by atoms with Crippen LogP contribution in [-0.4, -0.2) is 31.8 Å². The van der Waals surface area contributed by atoms with E-state index in [2.05, 4.69) is 20.4 Å². The van der Waals surface area contributed by atoms with Gasteiger partial charge in [0.25, 0.3) is 5.78 Å². The molecular formula is C8H7ClF3N5. The molecule has 0 spiro atoms. The first kappa shape index (κ1) is 11.9. The van der Waals surface area contributed by atoms with Crippen LogP contribution in [-0.2, 0) is 0 Å². The first-order chi connectivity index (χ1) is 7.88. The molecule has 2 rings (SSSR count). The average molecular weight is 266 g/mol. The number of hydrogen-bond acceptors (Lipinski definition) is 4. The van der Waals surface area contributed by atoms with Crippen molar-refractivity contribution in [2.45, 2.75) is 19.1 Å². The van der Waals surface area contributed by atoms with E-state index in [4.69, 9.17) is 11.6 Å². The van der Waals surface area contributed by atoms with Crippen LogP contribution in [0.3, 0.4) is 0 Å². The zero-order chi connectivity index (χ0) is 12.6. The topological polar surface area (TPSA) is 55.1 Å². The predicted octanol–water partition coefficient (Wildman–Crippen LogP) is 2.14. The van der Waals surface area contributed by atoms with Crippen molar-refractivity contribution >= 4 is 23.2 Å². The molecule has 0 radical (unpaired) electrons. The lowest BCUT2D eigenvalue weighted by Crippen LogP contribution is -2.33. The van der Waals surface area contributed by atoms with Crippen LogP contribution in [0.15, 0.2) is 12.4 Å². The molecule has 0 aromatic carbocycles. The van der Waals surface area contributed by atoms with E-state index in [-0.39, 0.29) is 16.7 Å². The van der Waals surface area contributed by atoms with Crippen LogP contribution in [0.2, 0.25) is 5.15 Å². The summed E-state index contributed by atoms with van der Waals surface area (Å²) in [6.07, 6.45) is -3.18. The van der Waals surface area contributed by atoms with Crippen molar-refractivity contribution < 1.29 is 13.2 Å². The summed E-state index contributed by atoms with van der Waals surface area (Å²) in [5, 5.41) is 6.06. The molecule has 2 aromatic rings. The molecule has 9 heteroatoms. The highest BCUT2D eigenvalue weighted by molar-refractivity contribution is 6.29. The van der Waals surface area contributed by atoms with Gasteiger partial charge in [0.2, 0.25) is 0 Å². The van der Waals surface area contributed by atoms with E-state index in [1.54, 1.807) is 0 Å². The molecule has 5 nitrogen and oxygen atoms in total. The first-order valence-corrected chi connectivity index (χ1v) is 4.95. The number of fused-ring (bicyclic) bond motifs is 1. The summed E-state index contributed by atoms with van der Waals surface area (Å²) in [6.45, 7) is 0.997. The Kier molecular flexibility index (Phi) is 2.82. The molecule has 17 heavy (non-hydrogen) atoms. The molecule has 2 heterocycles. The molecule has 1 atom stereocenters. The summed E-state index contributed by atoms with van der Waals surface area (Å²) >= 11 is 5.66. The van der Waals surface area contributed by atoms with Crippen molar-refractivity contribution in [2.75, 3.05) is 5.32 Å². The van der Waals surface area contributed by atoms with Crippen molar-refractivity contribution in [2.24, 2.45) is 0 Å². The van der Waals surface area contributed by atoms with Crippen LogP contribution in [0.5, 0.6) is 0 Å². The molecule has 0 aliphatic rings. The molecular weight excluding hydrogens is 259 g/mol. The molecule has 92 valence electrons. The van der Waals surface area contributed by atoms with Gasteiger partial charge >= 0.3 is 6.18 Å². The minimum atomic E-state index is -4.36. The normalized spacial score (nSPS) is 13.9. The number of aromatic nitrogens is 4. The summed E-state index contributed by atoms with van der Waals surface area (Å²) in [5.41, 5.74) is 0. The molecule has 0 aliphatic carbocycles. The summed E-state index contributed by atoms with van der Waals surface area (Å²) < 4.78 is 38.4. The Morgan fingerprint density at radius 2 is 2.18 bits per heavy atom. The van der Waals surface area contributed by atoms with Gasteiger partial charge in [-0.25, -0.2) is 0 Å². The van der Waals surface area contributed by atoms with Gasteiger partial charge in [0.05, 0.1) is 0 Å². The smallest absolute Gasteiger partial charge is 0.359 e. The quantitative estimate of drug-likeness (QED) is 0.846. The van der Waals surface area contributed by atoms with E-state index in [0.717, 1.165) is 11.4 Å². The first-order valence-electron chi connectivity index (χ1n) is 4.57. The van der Waals surface area contributed by atoms with Crippen LogP contribution in [0.25, 0.3) is 5.78 Å². The number of alkyl halides is 3. The van der Waals surface area contributed by atoms with Crippen molar-refractivity contribution in [1.29, 1.82) is 0 Å². The fourth-order valence-electron chi connectivity index (χ4n) is 1.19. The zero-order valence-corrected chi connectivity index (χ0v) is 9.29. The zero-order valence-electron chi connectivity index (χ0n) is 8.53. The molecule has 0 fully saturated rings. The van der Waals surface area contributed by atoms with Gasteiger partial charge in [-0.3, -0.25) is 0 Å². The molecule has 0 saturated carbocycles. The Hall–Kier alpha value is -1.57. The minimum Gasteiger partial charge on any atom is -0.359 e. The third-order valence-electron chi connectivity index (χ3n) is 2.08. The Labute approximate surface area is 98.6 Å². The molecule has 0 unspecified atom stereocenters. The summed E-state index contributed by atoms with van der Waals surface area (Å²) in [7, 11) is 0. The van der Waals surface area contributed by atoms with Gasteiger partial charge in [0.1, 0.15) is 23.3 Å². The average Bonchev–Trinajstić information content (AvgIpc) is 2.63. The monoisotopic (exact) mass is 265 g/mol. The summed E-state index contributed by atoms with van der Waals surface area (Å²) in [4.78, 5) is 7.54. The summed E-state index contributed by atoms with van der Waals surface area (Å²) in [5.74, 6) is 0.219. The van der Waals surface area contributed by atoms with Crippen LogP contribution < -0.4 is 5.32 Å². The Bertz CT molecular complexity index is 537. The fourth-order valence-corrected chi connectivity index (χ4v) is 1.37. The van der Waals surface area contributed by atoms with E-state index >= 15 is 0 Å². The number of halogens is 4. The van der Waals surface area contributed by atoms with Gasteiger partial charge in [-0.05, 0) is 6.92 Å². The lowest BCUT2D eigenvalue weighted by molar-refractivity contribution is -0.138. The minimum absolute atomic E-state index is 0.0439. The molecule has 0 bridgehead atoms. The van der Waals surface area contributed by atoms with Gasteiger partial charge < -0.3 is 5.32 Å². The molecule has 2 aromatic heterocycles. The lowest BCUT2D eigenvalue weighted by atomic mass is 10.3. The van der Waals surface area contributed by atoms with E-state index in [1.165, 1.54) is 12.4 Å². The maximum Gasteiger partial charge on any atom is 0.408 e. The van der Waals surface area contributed by atoms with Gasteiger partial charge in [-0.1, -0.05) is 11.6 Å². The van der Waals surface area contributed by atoms with Gasteiger partial charge in [0.15, 0.2) is 0 Å². The van der Waals surface area contributed by atoms with Crippen LogP contribution in [0.4, 0.5) is 19.0 Å². The second-order valence-electron chi connectivity index (χ2n) is 3.34. The summed E-state index contributed by atoms with van der Waals surface area (Å²) in [6, 6.07) is -0.473. The van der Waals surface area contributed by atoms with Gasteiger partial charge in [-0.15, -0.1) is 0 Å². The van der Waals surface area contributed by atoms with Crippen molar-refractivity contribution in [3.8, 4) is 0 Å². The van der Waals surface area contributed by atoms with Crippen LogP contribution >= 0.6 is 11.6 Å². The number of hydrogen-bond donors (Lipinski definition) is 1. The molecule has 0 saturated heterocycles. The number of nitrogens with one attached hydrogen (secondary N) is 1. The van der Waals surface area contributed by atoms with E-state index in [1.807, 2.05) is 0 Å². The number of nitrogens with zero attached hydrogens (tertiary/aromatic N) is 4. The second-order valence-corrected chi connectivity index (χ2v) is 3.73. The van der Waals surface area contributed by atoms with Crippen molar-refractivity contribution in [1.82, 2.24) is 19.6 Å². The SMILES string of the molecule is C[C@H](Nc1cc(Cl)nc2ncnn12)C(F)(F)F. The van der Waals surface area contributed by atoms with Crippen molar-refractivity contribution in [3.05, 3.63) is 17.5 Å². The molecule has 0 amide bonds. The third-order valence-corrected chi connectivity index (χ3v) is 2.27. The Balaban J connectivity index is 2.38. The van der Waals surface area contributed by atoms with Crippen LogP contribution in [0.1, 0.15) is 6.92 Å². The maximum atomic E-state index is 12.4. The highest BCUT2D eigenvalue weighted by Crippen LogP contribution is 2.24. The number of rotatable bonds is 2. The second kappa shape index (κ2) is 4.02. The highest BCUT2D eigenvalue weighted by atomic mass is 35.5. The standard InChI is InChI=1S/C8H7ClF3N5/c1-4(8(10,11)12)15-6-2-5(9)16-7-13-3-14-17(6)7/h2-4,15H,1H3/t4-/m0/s1. The third kappa shape index (κ3) is 2.41. The van der Waals surface area contributed by atoms with Gasteiger partial charge in [-0.2, -0.15) is 32.8 Å². The molecule has 0 aliphatic heterocycles. The van der Waals surface area contributed by atoms with Gasteiger partial charge in [0, 0.05) is 6.07 Å². The molecule has 1 N–H and O–H groups in total. The van der Waals surface area contributed by atoms with Crippen molar-refractivity contribution in [3.63, 3.8) is 0 Å². The Morgan fingerprint density at radius 3 is 2.82 bits per heavy atom. The maximum absolute atomic E-state index is 12.4. The highest BCUT2D eigenvalue weighted by Gasteiger charge is 2.36. The predicted molar refractivity (Wildman–Crippen MR) is 54.9 cm³/mol. The van der Waals surface area contributed by atoms with E-state index in [0.29, 0.717) is 0 Å². The number of anilines is 1. The Morgan fingerprint density at radius 1 is 1.47 bits per heavy atom. The van der Waals surface area contributed by atoms with Crippen LogP contribution in [0, 0.1) is 0 Å². The lowest BCUT2D eigenvalue weighted by Gasteiger charge is -2.18. The largest absolute Gasteiger partial charge is 0.408 e. The van der Waals surface area contributed by atoms with E-state index in [9.17, 15) is 13.2 Å². The van der Waals surface area contributed by atoms with E-state index < -0.39 is 12.2 Å².